The second-order valence-corrected chi connectivity index (χ2v) is 9.79. The lowest BCUT2D eigenvalue weighted by Gasteiger charge is -2.16. The third-order valence-corrected chi connectivity index (χ3v) is 6.98. The molecule has 3 rings (SSSR count). The van der Waals surface area contributed by atoms with E-state index in [9.17, 15) is 13.2 Å². The van der Waals surface area contributed by atoms with Gasteiger partial charge in [0.25, 0.3) is 0 Å². The predicted molar refractivity (Wildman–Crippen MR) is 106 cm³/mol. The molecule has 1 N–H and O–H groups in total. The predicted octanol–water partition coefficient (Wildman–Crippen LogP) is 2.43. The van der Waals surface area contributed by atoms with Crippen molar-refractivity contribution < 1.29 is 13.2 Å². The average Bonchev–Trinajstić information content (AvgIpc) is 3.23. The largest absolute Gasteiger partial charge is 0.357 e. The number of nitrogens with zero attached hydrogens (tertiary/aromatic N) is 3. The maximum absolute atomic E-state index is 12.4. The lowest BCUT2D eigenvalue weighted by Crippen LogP contribution is -2.27. The summed E-state index contributed by atoms with van der Waals surface area (Å²) >= 11 is 2.73. The molecule has 0 bridgehead atoms. The minimum absolute atomic E-state index is 0.0218. The first-order chi connectivity index (χ1) is 12.4. The minimum Gasteiger partial charge on any atom is -0.357 e. The van der Waals surface area contributed by atoms with E-state index in [1.54, 1.807) is 24.3 Å². The summed E-state index contributed by atoms with van der Waals surface area (Å²) in [6, 6.07) is 5.19. The number of benzene rings is 1. The van der Waals surface area contributed by atoms with Crippen molar-refractivity contribution in [1.29, 1.82) is 0 Å². The summed E-state index contributed by atoms with van der Waals surface area (Å²) in [6.07, 6.45) is 3.54. The number of carbonyl (C=O) groups is 1. The van der Waals surface area contributed by atoms with E-state index in [2.05, 4.69) is 22.1 Å². The second kappa shape index (κ2) is 7.77. The Bertz CT molecular complexity index is 940. The number of nitrogens with one attached hydrogen (secondary N) is 1. The van der Waals surface area contributed by atoms with Gasteiger partial charge in [0.2, 0.25) is 15.2 Å². The molecule has 0 unspecified atom stereocenters. The molecule has 7 nitrogen and oxygen atoms in total. The Morgan fingerprint density at radius 3 is 3.00 bits per heavy atom. The molecule has 0 aliphatic carbocycles. The summed E-state index contributed by atoms with van der Waals surface area (Å²) in [5.41, 5.74) is 2.14. The van der Waals surface area contributed by atoms with Crippen LogP contribution in [0.3, 0.4) is 0 Å². The third-order valence-electron chi connectivity index (χ3n) is 3.79. The highest BCUT2D eigenvalue weighted by Crippen LogP contribution is 2.31. The molecule has 26 heavy (non-hydrogen) atoms. The SMILES string of the molecule is C=CCNc1nnc(SCC(=O)c2ccc3c(c2)CCN3S(C)(=O)=O)s1. The van der Waals surface area contributed by atoms with Crippen molar-refractivity contribution in [3.63, 3.8) is 0 Å². The van der Waals surface area contributed by atoms with Gasteiger partial charge in [-0.15, -0.1) is 16.8 Å². The van der Waals surface area contributed by atoms with Gasteiger partial charge in [0.15, 0.2) is 10.1 Å². The van der Waals surface area contributed by atoms with Crippen molar-refractivity contribution in [3.8, 4) is 0 Å². The molecule has 0 saturated heterocycles. The molecular weight excluding hydrogens is 392 g/mol. The molecular formula is C16H18N4O3S3. The zero-order valence-electron chi connectivity index (χ0n) is 14.1. The van der Waals surface area contributed by atoms with Crippen LogP contribution in [-0.4, -0.2) is 49.5 Å². The van der Waals surface area contributed by atoms with E-state index < -0.39 is 10.0 Å². The van der Waals surface area contributed by atoms with Crippen LogP contribution in [0, 0.1) is 0 Å². The number of Topliss-reactive ketones (excluding diaryl/α,β-unsaturated/α-hetero) is 1. The van der Waals surface area contributed by atoms with E-state index in [-0.39, 0.29) is 11.5 Å². The smallest absolute Gasteiger partial charge is 0.232 e. The number of aromatic nitrogens is 2. The minimum atomic E-state index is -3.28. The van der Waals surface area contributed by atoms with Crippen molar-refractivity contribution in [1.82, 2.24) is 10.2 Å². The molecule has 1 aliphatic rings. The van der Waals surface area contributed by atoms with Crippen LogP contribution in [0.1, 0.15) is 15.9 Å². The van der Waals surface area contributed by atoms with Crippen LogP contribution < -0.4 is 9.62 Å². The molecule has 1 aliphatic heterocycles. The first kappa shape index (κ1) is 18.9. The molecule has 0 spiro atoms. The van der Waals surface area contributed by atoms with Crippen molar-refractivity contribution in [2.45, 2.75) is 10.8 Å². The Morgan fingerprint density at radius 1 is 1.46 bits per heavy atom. The number of carbonyl (C=O) groups excluding carboxylic acids is 1. The number of fused-ring (bicyclic) bond motifs is 1. The Balaban J connectivity index is 1.64. The number of sulfonamides is 1. The summed E-state index contributed by atoms with van der Waals surface area (Å²) < 4.78 is 25.6. The van der Waals surface area contributed by atoms with Gasteiger partial charge in [-0.25, -0.2) is 8.42 Å². The quantitative estimate of drug-likeness (QED) is 0.406. The van der Waals surface area contributed by atoms with Crippen LogP contribution in [0.5, 0.6) is 0 Å². The topological polar surface area (TPSA) is 92.3 Å². The van der Waals surface area contributed by atoms with E-state index in [0.717, 1.165) is 5.56 Å². The van der Waals surface area contributed by atoms with E-state index in [0.29, 0.717) is 40.2 Å². The fourth-order valence-electron chi connectivity index (χ4n) is 2.60. The van der Waals surface area contributed by atoms with E-state index in [1.807, 2.05) is 0 Å². The molecule has 0 saturated carbocycles. The highest BCUT2D eigenvalue weighted by molar-refractivity contribution is 8.01. The highest BCUT2D eigenvalue weighted by atomic mass is 32.2. The zero-order chi connectivity index (χ0) is 18.7. The normalized spacial score (nSPS) is 13.5. The summed E-state index contributed by atoms with van der Waals surface area (Å²) in [6.45, 7) is 4.66. The van der Waals surface area contributed by atoms with Crippen LogP contribution >= 0.6 is 23.1 Å². The van der Waals surface area contributed by atoms with Crippen molar-refractivity contribution >= 4 is 49.7 Å². The number of thioether (sulfide) groups is 1. The Morgan fingerprint density at radius 2 is 2.27 bits per heavy atom. The van der Waals surface area contributed by atoms with E-state index in [1.165, 1.54) is 33.7 Å². The van der Waals surface area contributed by atoms with Crippen LogP contribution in [0.25, 0.3) is 0 Å². The van der Waals surface area contributed by atoms with Crippen LogP contribution in [-0.2, 0) is 16.4 Å². The number of rotatable bonds is 8. The van der Waals surface area contributed by atoms with Gasteiger partial charge < -0.3 is 5.32 Å². The maximum atomic E-state index is 12.4. The molecule has 0 amide bonds. The van der Waals surface area contributed by atoms with Gasteiger partial charge in [-0.3, -0.25) is 9.10 Å². The monoisotopic (exact) mass is 410 g/mol. The van der Waals surface area contributed by atoms with Crippen LogP contribution in [0.4, 0.5) is 10.8 Å². The molecule has 0 radical (unpaired) electrons. The molecule has 2 heterocycles. The van der Waals surface area contributed by atoms with Gasteiger partial charge in [-0.2, -0.15) is 0 Å². The summed E-state index contributed by atoms with van der Waals surface area (Å²) in [7, 11) is -3.28. The fraction of sp³-hybridized carbons (Fsp3) is 0.312. The number of hydrogen-bond donors (Lipinski definition) is 1. The van der Waals surface area contributed by atoms with Gasteiger partial charge in [0, 0.05) is 18.7 Å². The number of hydrogen-bond acceptors (Lipinski definition) is 8. The molecule has 1 aromatic heterocycles. The van der Waals surface area contributed by atoms with E-state index in [4.69, 9.17) is 0 Å². The van der Waals surface area contributed by atoms with E-state index >= 15 is 0 Å². The summed E-state index contributed by atoms with van der Waals surface area (Å²) in [4.78, 5) is 12.4. The number of anilines is 2. The molecule has 138 valence electrons. The first-order valence-electron chi connectivity index (χ1n) is 7.83. The molecule has 1 aromatic carbocycles. The highest BCUT2D eigenvalue weighted by Gasteiger charge is 2.26. The van der Waals surface area contributed by atoms with Gasteiger partial charge in [0.1, 0.15) is 0 Å². The maximum Gasteiger partial charge on any atom is 0.232 e. The van der Waals surface area contributed by atoms with Gasteiger partial charge in [-0.1, -0.05) is 29.2 Å². The van der Waals surface area contributed by atoms with Gasteiger partial charge >= 0.3 is 0 Å². The second-order valence-electron chi connectivity index (χ2n) is 5.68. The standard InChI is InChI=1S/C16H18N4O3S3/c1-3-7-17-15-18-19-16(25-15)24-10-14(21)12-4-5-13-11(9-12)6-8-20(13)26(2,22)23/h3-5,9H,1,6-8,10H2,2H3,(H,17,18). The lowest BCUT2D eigenvalue weighted by molar-refractivity contribution is 0.102. The Kier molecular flexibility index (Phi) is 5.64. The summed E-state index contributed by atoms with van der Waals surface area (Å²) in [5, 5.41) is 11.8. The molecule has 10 heteroatoms. The zero-order valence-corrected chi connectivity index (χ0v) is 16.6. The molecule has 0 atom stereocenters. The first-order valence-corrected chi connectivity index (χ1v) is 11.5. The van der Waals surface area contributed by atoms with Crippen LogP contribution in [0.15, 0.2) is 35.2 Å². The molecule has 2 aromatic rings. The number of ketones is 1. The van der Waals surface area contributed by atoms with Crippen molar-refractivity contribution in [2.75, 3.05) is 34.7 Å². The van der Waals surface area contributed by atoms with Crippen molar-refractivity contribution in [3.05, 3.63) is 42.0 Å². The Labute approximate surface area is 160 Å². The van der Waals surface area contributed by atoms with Gasteiger partial charge in [-0.05, 0) is 30.2 Å². The van der Waals surface area contributed by atoms with Crippen LogP contribution in [0.2, 0.25) is 0 Å². The fourth-order valence-corrected chi connectivity index (χ4v) is 5.21. The Hall–Kier alpha value is -1.91. The van der Waals surface area contributed by atoms with Crippen molar-refractivity contribution in [2.24, 2.45) is 0 Å². The molecule has 0 fully saturated rings. The van der Waals surface area contributed by atoms with Gasteiger partial charge in [0.05, 0.1) is 17.7 Å². The third kappa shape index (κ3) is 4.25. The summed E-state index contributed by atoms with van der Waals surface area (Å²) in [5.74, 6) is 0.233. The lowest BCUT2D eigenvalue weighted by atomic mass is 10.1. The average molecular weight is 411 g/mol.